The van der Waals surface area contributed by atoms with Crippen LogP contribution in [-0.2, 0) is 4.74 Å². The van der Waals surface area contributed by atoms with Crippen LogP contribution in [0, 0.1) is 6.92 Å². The normalized spacial score (nSPS) is 17.5. The zero-order valence-electron chi connectivity index (χ0n) is 8.62. The van der Waals surface area contributed by atoms with Crippen molar-refractivity contribution in [3.05, 3.63) is 21.6 Å². The first-order chi connectivity index (χ1) is 7.27. The highest BCUT2D eigenvalue weighted by Gasteiger charge is 2.07. The van der Waals surface area contributed by atoms with Crippen molar-refractivity contribution in [2.75, 3.05) is 26.3 Å². The van der Waals surface area contributed by atoms with Gasteiger partial charge < -0.3 is 9.84 Å². The molecule has 6 heteroatoms. The van der Waals surface area contributed by atoms with Gasteiger partial charge in [-0.3, -0.25) is 14.9 Å². The molecule has 1 aromatic rings. The summed E-state index contributed by atoms with van der Waals surface area (Å²) in [5, 5.41) is 11.4. The molecule has 0 radical (unpaired) electrons. The Bertz CT molecular complexity index is 400. The van der Waals surface area contributed by atoms with E-state index in [9.17, 15) is 4.79 Å². The number of hydrogen-bond acceptors (Lipinski definition) is 4. The predicted molar refractivity (Wildman–Crippen MR) is 56.1 cm³/mol. The third-order valence-electron chi connectivity index (χ3n) is 2.35. The van der Waals surface area contributed by atoms with E-state index in [-0.39, 0.29) is 5.56 Å². The molecule has 0 aromatic carbocycles. The topological polar surface area (TPSA) is 73.5 Å². The highest BCUT2D eigenvalue weighted by Crippen LogP contribution is 1.98. The number of nitrogens with one attached hydrogen (secondary N) is 2. The quantitative estimate of drug-likeness (QED) is 0.657. The molecule has 2 rings (SSSR count). The fourth-order valence-electron chi connectivity index (χ4n) is 1.42. The van der Waals surface area contributed by atoms with Gasteiger partial charge in [-0.2, -0.15) is 5.10 Å². The van der Waals surface area contributed by atoms with Crippen molar-refractivity contribution in [1.82, 2.24) is 15.2 Å². The molecule has 0 bridgehead atoms. The van der Waals surface area contributed by atoms with Crippen LogP contribution in [0.1, 0.15) is 11.3 Å². The maximum absolute atomic E-state index is 11.3. The zero-order valence-corrected chi connectivity index (χ0v) is 8.62. The van der Waals surface area contributed by atoms with Crippen molar-refractivity contribution in [3.8, 4) is 0 Å². The lowest BCUT2D eigenvalue weighted by Gasteiger charge is -2.23. The molecule has 0 aliphatic carbocycles. The van der Waals surface area contributed by atoms with Crippen LogP contribution >= 0.6 is 0 Å². The molecule has 6 nitrogen and oxygen atoms in total. The Morgan fingerprint density at radius 3 is 2.73 bits per heavy atom. The van der Waals surface area contributed by atoms with E-state index in [0.29, 0.717) is 18.8 Å². The van der Waals surface area contributed by atoms with Crippen LogP contribution in [0.15, 0.2) is 9.90 Å². The second-order valence-electron chi connectivity index (χ2n) is 3.43. The second kappa shape index (κ2) is 4.31. The number of hydrazone groups is 1. The highest BCUT2D eigenvalue weighted by atomic mass is 16.5. The lowest BCUT2D eigenvalue weighted by Crippen LogP contribution is -2.32. The molecule has 82 valence electrons. The Kier molecular flexibility index (Phi) is 2.86. The molecule has 1 fully saturated rings. The van der Waals surface area contributed by atoms with Gasteiger partial charge in [-0.1, -0.05) is 0 Å². The Balaban J connectivity index is 2.07. The molecule has 0 saturated carbocycles. The number of ether oxygens (including phenoxy) is 1. The minimum absolute atomic E-state index is 0.135. The SMILES string of the molecule is Cc1[nH][nH]c(=O)c1/C=N/N1CCOCC1. The van der Waals surface area contributed by atoms with Crippen molar-refractivity contribution < 1.29 is 4.74 Å². The molecule has 15 heavy (non-hydrogen) atoms. The van der Waals surface area contributed by atoms with Crippen LogP contribution in [0.3, 0.4) is 0 Å². The standard InChI is InChI=1S/C9H14N4O2/c1-7-8(9(14)12-11-7)6-10-13-2-4-15-5-3-13/h6H,2-5H2,1H3,(H2,11,12,14)/b10-6+. The summed E-state index contributed by atoms with van der Waals surface area (Å²) in [6.45, 7) is 4.77. The van der Waals surface area contributed by atoms with Crippen molar-refractivity contribution in [1.29, 1.82) is 0 Å². The van der Waals surface area contributed by atoms with E-state index in [1.165, 1.54) is 0 Å². The predicted octanol–water partition coefficient (Wildman–Crippen LogP) is -0.322. The minimum atomic E-state index is -0.135. The van der Waals surface area contributed by atoms with Gasteiger partial charge in [0.25, 0.3) is 5.56 Å². The molecule has 0 spiro atoms. The summed E-state index contributed by atoms with van der Waals surface area (Å²) in [5.41, 5.74) is 1.25. The molecule has 1 aliphatic heterocycles. The molecule has 0 atom stereocenters. The van der Waals surface area contributed by atoms with Crippen molar-refractivity contribution in [2.45, 2.75) is 6.92 Å². The van der Waals surface area contributed by atoms with Gasteiger partial charge in [0, 0.05) is 5.69 Å². The molecule has 2 N–H and O–H groups in total. The number of aromatic nitrogens is 2. The summed E-state index contributed by atoms with van der Waals surface area (Å²) in [5.74, 6) is 0. The molecule has 1 aromatic heterocycles. The largest absolute Gasteiger partial charge is 0.378 e. The monoisotopic (exact) mass is 210 g/mol. The van der Waals surface area contributed by atoms with E-state index in [0.717, 1.165) is 18.8 Å². The molecular formula is C9H14N4O2. The van der Waals surface area contributed by atoms with Gasteiger partial charge in [0.05, 0.1) is 38.1 Å². The van der Waals surface area contributed by atoms with Crippen LogP contribution in [0.5, 0.6) is 0 Å². The van der Waals surface area contributed by atoms with Crippen molar-refractivity contribution >= 4 is 6.21 Å². The number of H-pyrrole nitrogens is 2. The van der Waals surface area contributed by atoms with E-state index in [4.69, 9.17) is 4.74 Å². The van der Waals surface area contributed by atoms with Crippen molar-refractivity contribution in [3.63, 3.8) is 0 Å². The van der Waals surface area contributed by atoms with Crippen LogP contribution in [-0.4, -0.2) is 47.7 Å². The third kappa shape index (κ3) is 2.27. The number of nitrogens with zero attached hydrogens (tertiary/aromatic N) is 2. The summed E-state index contributed by atoms with van der Waals surface area (Å²) in [6.07, 6.45) is 1.59. The van der Waals surface area contributed by atoms with E-state index >= 15 is 0 Å². The number of aryl methyl sites for hydroxylation is 1. The highest BCUT2D eigenvalue weighted by molar-refractivity contribution is 5.80. The first-order valence-electron chi connectivity index (χ1n) is 4.91. The summed E-state index contributed by atoms with van der Waals surface area (Å²) in [4.78, 5) is 11.3. The van der Waals surface area contributed by atoms with Crippen LogP contribution in [0.4, 0.5) is 0 Å². The number of morpholine rings is 1. The van der Waals surface area contributed by atoms with E-state index < -0.39 is 0 Å². The third-order valence-corrected chi connectivity index (χ3v) is 2.35. The molecule has 0 amide bonds. The Morgan fingerprint density at radius 1 is 1.40 bits per heavy atom. The average molecular weight is 210 g/mol. The van der Waals surface area contributed by atoms with Gasteiger partial charge >= 0.3 is 0 Å². The Morgan fingerprint density at radius 2 is 2.13 bits per heavy atom. The van der Waals surface area contributed by atoms with Gasteiger partial charge in [-0.15, -0.1) is 0 Å². The maximum atomic E-state index is 11.3. The summed E-state index contributed by atoms with van der Waals surface area (Å²) >= 11 is 0. The fourth-order valence-corrected chi connectivity index (χ4v) is 1.42. The first-order valence-corrected chi connectivity index (χ1v) is 4.91. The summed E-state index contributed by atoms with van der Waals surface area (Å²) in [6, 6.07) is 0. The lowest BCUT2D eigenvalue weighted by atomic mass is 10.3. The van der Waals surface area contributed by atoms with Gasteiger partial charge in [0.15, 0.2) is 0 Å². The number of rotatable bonds is 2. The van der Waals surface area contributed by atoms with E-state index in [2.05, 4.69) is 15.3 Å². The average Bonchev–Trinajstić information content (AvgIpc) is 2.58. The zero-order chi connectivity index (χ0) is 10.7. The number of aromatic amines is 2. The van der Waals surface area contributed by atoms with Crippen LogP contribution in [0.2, 0.25) is 0 Å². The van der Waals surface area contributed by atoms with Gasteiger partial charge in [0.1, 0.15) is 0 Å². The Labute approximate surface area is 86.9 Å². The Hall–Kier alpha value is -1.56. The van der Waals surface area contributed by atoms with Crippen molar-refractivity contribution in [2.24, 2.45) is 5.10 Å². The molecular weight excluding hydrogens is 196 g/mol. The van der Waals surface area contributed by atoms with Gasteiger partial charge in [-0.05, 0) is 6.92 Å². The lowest BCUT2D eigenvalue weighted by molar-refractivity contribution is 0.0397. The second-order valence-corrected chi connectivity index (χ2v) is 3.43. The van der Waals surface area contributed by atoms with Crippen LogP contribution < -0.4 is 5.56 Å². The molecule has 0 unspecified atom stereocenters. The number of hydrogen-bond donors (Lipinski definition) is 2. The summed E-state index contributed by atoms with van der Waals surface area (Å²) in [7, 11) is 0. The van der Waals surface area contributed by atoms with Gasteiger partial charge in [-0.25, -0.2) is 0 Å². The summed E-state index contributed by atoms with van der Waals surface area (Å²) < 4.78 is 5.19. The van der Waals surface area contributed by atoms with E-state index in [1.54, 1.807) is 6.21 Å². The fraction of sp³-hybridized carbons (Fsp3) is 0.556. The minimum Gasteiger partial charge on any atom is -0.378 e. The van der Waals surface area contributed by atoms with Crippen LogP contribution in [0.25, 0.3) is 0 Å². The maximum Gasteiger partial charge on any atom is 0.273 e. The first kappa shape index (κ1) is 9.97. The molecule has 1 saturated heterocycles. The molecule has 2 heterocycles. The molecule has 1 aliphatic rings. The van der Waals surface area contributed by atoms with Gasteiger partial charge in [0.2, 0.25) is 0 Å². The van der Waals surface area contributed by atoms with E-state index in [1.807, 2.05) is 11.9 Å². The smallest absolute Gasteiger partial charge is 0.273 e.